The monoisotopic (exact) mass is 486 g/mol. The molecule has 0 atom stereocenters. The van der Waals surface area contributed by atoms with Crippen LogP contribution in [0, 0.1) is 0 Å². The molecule has 0 radical (unpaired) electrons. The maximum absolute atomic E-state index is 5.98. The largest absolute Gasteiger partial charge is 0.448 e. The molecule has 2 aromatic rings. The summed E-state index contributed by atoms with van der Waals surface area (Å²) >= 11 is 22.3. The molecule has 1 aliphatic heterocycles. The van der Waals surface area contributed by atoms with E-state index in [1.165, 1.54) is 0 Å². The standard InChI is InChI=1S/C12H3Br3Cl2O2/c13-4-1-5(14)11-12(10(4)15)19-9-3-7(17)6(16)2-8(9)18-11/h1-3H. The molecule has 1 aliphatic rings. The number of ether oxygens (including phenoxy) is 2. The van der Waals surface area contributed by atoms with Crippen LogP contribution < -0.4 is 9.47 Å². The topological polar surface area (TPSA) is 18.5 Å². The third-order valence-electron chi connectivity index (χ3n) is 2.50. The summed E-state index contributed by atoms with van der Waals surface area (Å²) in [4.78, 5) is 0. The minimum Gasteiger partial charge on any atom is -0.448 e. The molecule has 0 N–H and O–H groups in total. The van der Waals surface area contributed by atoms with Crippen molar-refractivity contribution in [3.63, 3.8) is 0 Å². The first-order valence-electron chi connectivity index (χ1n) is 4.99. The Hall–Kier alpha value is 0.0600. The maximum Gasteiger partial charge on any atom is 0.186 e. The zero-order valence-corrected chi connectivity index (χ0v) is 15.2. The highest BCUT2D eigenvalue weighted by atomic mass is 79.9. The quantitative estimate of drug-likeness (QED) is 0.311. The maximum atomic E-state index is 5.98. The van der Waals surface area contributed by atoms with Crippen LogP contribution in [0.3, 0.4) is 0 Å². The van der Waals surface area contributed by atoms with Gasteiger partial charge in [-0.15, -0.1) is 0 Å². The smallest absolute Gasteiger partial charge is 0.186 e. The molecular weight excluding hydrogens is 487 g/mol. The highest BCUT2D eigenvalue weighted by molar-refractivity contribution is 9.13. The zero-order chi connectivity index (χ0) is 13.7. The minimum atomic E-state index is 0.414. The van der Waals surface area contributed by atoms with Crippen LogP contribution in [0.15, 0.2) is 31.6 Å². The van der Waals surface area contributed by atoms with E-state index in [0.29, 0.717) is 33.0 Å². The highest BCUT2D eigenvalue weighted by Crippen LogP contribution is 2.54. The van der Waals surface area contributed by atoms with E-state index in [2.05, 4.69) is 47.8 Å². The van der Waals surface area contributed by atoms with Gasteiger partial charge in [-0.3, -0.25) is 0 Å². The van der Waals surface area contributed by atoms with E-state index in [4.69, 9.17) is 32.7 Å². The van der Waals surface area contributed by atoms with Gasteiger partial charge in [0.15, 0.2) is 23.0 Å². The Morgan fingerprint density at radius 1 is 0.737 bits per heavy atom. The minimum absolute atomic E-state index is 0.414. The molecule has 1 heterocycles. The molecule has 19 heavy (non-hydrogen) atoms. The summed E-state index contributed by atoms with van der Waals surface area (Å²) in [6.07, 6.45) is 0. The van der Waals surface area contributed by atoms with Crippen molar-refractivity contribution in [3.8, 4) is 23.0 Å². The third-order valence-corrected chi connectivity index (χ3v) is 5.75. The molecule has 0 aliphatic carbocycles. The second-order valence-corrected chi connectivity index (χ2v) is 7.05. The van der Waals surface area contributed by atoms with E-state index in [9.17, 15) is 0 Å². The third kappa shape index (κ3) is 2.40. The van der Waals surface area contributed by atoms with Gasteiger partial charge in [0.1, 0.15) is 0 Å². The SMILES string of the molecule is Clc1cc2c(cc1Cl)Oc1c(Br)c(Br)cc(Br)c1O2. The summed E-state index contributed by atoms with van der Waals surface area (Å²) in [6.45, 7) is 0. The Kier molecular flexibility index (Phi) is 3.77. The van der Waals surface area contributed by atoms with E-state index in [0.717, 1.165) is 13.4 Å². The Morgan fingerprint density at radius 3 is 1.84 bits per heavy atom. The first kappa shape index (κ1) is 14.0. The lowest BCUT2D eigenvalue weighted by atomic mass is 10.2. The van der Waals surface area contributed by atoms with Crippen LogP contribution in [0.4, 0.5) is 0 Å². The lowest BCUT2D eigenvalue weighted by Gasteiger charge is -2.23. The fourth-order valence-electron chi connectivity index (χ4n) is 1.63. The number of hydrogen-bond donors (Lipinski definition) is 0. The molecular formula is C12H3Br3Cl2O2. The van der Waals surface area contributed by atoms with Crippen molar-refractivity contribution >= 4 is 71.0 Å². The highest BCUT2D eigenvalue weighted by Gasteiger charge is 2.26. The zero-order valence-electron chi connectivity index (χ0n) is 8.94. The van der Waals surface area contributed by atoms with Gasteiger partial charge in [0.05, 0.1) is 19.0 Å². The van der Waals surface area contributed by atoms with E-state index in [1.54, 1.807) is 12.1 Å². The van der Waals surface area contributed by atoms with Crippen molar-refractivity contribution in [2.45, 2.75) is 0 Å². The number of benzene rings is 2. The van der Waals surface area contributed by atoms with Crippen molar-refractivity contribution < 1.29 is 9.47 Å². The Morgan fingerprint density at radius 2 is 1.26 bits per heavy atom. The van der Waals surface area contributed by atoms with E-state index >= 15 is 0 Å². The average molecular weight is 490 g/mol. The number of fused-ring (bicyclic) bond motifs is 2. The predicted octanol–water partition coefficient (Wildman–Crippen LogP) is 7.18. The summed E-state index contributed by atoms with van der Waals surface area (Å²) < 4.78 is 14.0. The molecule has 0 aromatic heterocycles. The van der Waals surface area contributed by atoms with Crippen LogP contribution >= 0.6 is 71.0 Å². The summed E-state index contributed by atoms with van der Waals surface area (Å²) in [5.74, 6) is 2.21. The Labute approximate surface area is 144 Å². The molecule has 0 unspecified atom stereocenters. The molecule has 2 aromatic carbocycles. The fraction of sp³-hybridized carbons (Fsp3) is 0. The number of rotatable bonds is 0. The summed E-state index contributed by atoms with van der Waals surface area (Å²) in [7, 11) is 0. The van der Waals surface area contributed by atoms with Gasteiger partial charge in [0.2, 0.25) is 0 Å². The van der Waals surface area contributed by atoms with Crippen LogP contribution in [0.2, 0.25) is 10.0 Å². The van der Waals surface area contributed by atoms with Crippen molar-refractivity contribution in [1.82, 2.24) is 0 Å². The van der Waals surface area contributed by atoms with Crippen LogP contribution in [0.5, 0.6) is 23.0 Å². The van der Waals surface area contributed by atoms with Gasteiger partial charge in [-0.05, 0) is 53.9 Å². The van der Waals surface area contributed by atoms with Crippen LogP contribution in [-0.4, -0.2) is 0 Å². The van der Waals surface area contributed by atoms with E-state index in [1.807, 2.05) is 6.07 Å². The molecule has 7 heteroatoms. The Bertz CT molecular complexity index is 704. The van der Waals surface area contributed by atoms with E-state index in [-0.39, 0.29) is 0 Å². The molecule has 0 bridgehead atoms. The van der Waals surface area contributed by atoms with Crippen LogP contribution in [0.25, 0.3) is 0 Å². The molecule has 98 valence electrons. The van der Waals surface area contributed by atoms with E-state index < -0.39 is 0 Å². The Balaban J connectivity index is 2.19. The van der Waals surface area contributed by atoms with Gasteiger partial charge in [-0.25, -0.2) is 0 Å². The summed E-state index contributed by atoms with van der Waals surface area (Å²) in [5, 5.41) is 0.831. The van der Waals surface area contributed by atoms with Gasteiger partial charge >= 0.3 is 0 Å². The second kappa shape index (κ2) is 5.11. The number of hydrogen-bond acceptors (Lipinski definition) is 2. The van der Waals surface area contributed by atoms with Crippen molar-refractivity contribution in [2.75, 3.05) is 0 Å². The second-order valence-electron chi connectivity index (χ2n) is 3.73. The van der Waals surface area contributed by atoms with Gasteiger partial charge in [0.25, 0.3) is 0 Å². The molecule has 0 saturated heterocycles. The summed E-state index contributed by atoms with van der Waals surface area (Å²) in [5.41, 5.74) is 0. The van der Waals surface area contributed by atoms with Crippen molar-refractivity contribution in [2.24, 2.45) is 0 Å². The molecule has 0 spiro atoms. The molecule has 0 fully saturated rings. The van der Waals surface area contributed by atoms with Crippen molar-refractivity contribution in [3.05, 3.63) is 41.7 Å². The average Bonchev–Trinajstić information content (AvgIpc) is 2.36. The first-order valence-corrected chi connectivity index (χ1v) is 8.13. The molecule has 3 rings (SSSR count). The lowest BCUT2D eigenvalue weighted by Crippen LogP contribution is -2.01. The van der Waals surface area contributed by atoms with Crippen LogP contribution in [0.1, 0.15) is 0 Å². The molecule has 0 amide bonds. The number of halogens is 5. The van der Waals surface area contributed by atoms with Gasteiger partial charge in [-0.1, -0.05) is 23.2 Å². The van der Waals surface area contributed by atoms with Gasteiger partial charge < -0.3 is 9.47 Å². The van der Waals surface area contributed by atoms with Gasteiger partial charge in [0, 0.05) is 16.6 Å². The molecule has 2 nitrogen and oxygen atoms in total. The predicted molar refractivity (Wildman–Crippen MR) is 86.2 cm³/mol. The normalized spacial score (nSPS) is 12.3. The molecule has 0 saturated carbocycles. The first-order chi connectivity index (χ1) is 8.97. The van der Waals surface area contributed by atoms with Crippen LogP contribution in [-0.2, 0) is 0 Å². The lowest BCUT2D eigenvalue weighted by molar-refractivity contribution is 0.355. The van der Waals surface area contributed by atoms with Gasteiger partial charge in [-0.2, -0.15) is 0 Å². The summed E-state index contributed by atoms with van der Waals surface area (Å²) in [6, 6.07) is 5.13. The fourth-order valence-corrected chi connectivity index (χ4v) is 3.52. The van der Waals surface area contributed by atoms with Crippen molar-refractivity contribution in [1.29, 1.82) is 0 Å².